The van der Waals surface area contributed by atoms with Crippen LogP contribution in [0, 0.1) is 0 Å². The molecule has 1 unspecified atom stereocenters. The molecule has 7 heteroatoms. The van der Waals surface area contributed by atoms with Crippen molar-refractivity contribution in [1.29, 1.82) is 0 Å². The number of nitrogens with zero attached hydrogens (tertiary/aromatic N) is 2. The summed E-state index contributed by atoms with van der Waals surface area (Å²) >= 11 is 0. The molecule has 2 heterocycles. The molecular weight excluding hydrogens is 404 g/mol. The number of hydrogen-bond acceptors (Lipinski definition) is 5. The van der Waals surface area contributed by atoms with Crippen molar-refractivity contribution in [3.8, 4) is 11.3 Å². The maximum atomic E-state index is 12.6. The van der Waals surface area contributed by atoms with Crippen molar-refractivity contribution in [2.24, 2.45) is 0 Å². The molecule has 1 fully saturated rings. The molecule has 4 rings (SSSR count). The Kier molecular flexibility index (Phi) is 6.68. The van der Waals surface area contributed by atoms with Crippen molar-refractivity contribution in [2.75, 3.05) is 38.1 Å². The number of hydrogen-bond donors (Lipinski definition) is 3. The molecule has 0 spiro atoms. The van der Waals surface area contributed by atoms with Gasteiger partial charge in [-0.25, -0.2) is 0 Å². The van der Waals surface area contributed by atoms with Crippen LogP contribution in [0.2, 0.25) is 0 Å². The molecule has 1 aliphatic heterocycles. The minimum absolute atomic E-state index is 0.157. The first-order valence-corrected chi connectivity index (χ1v) is 10.8. The first-order chi connectivity index (χ1) is 15.5. The van der Waals surface area contributed by atoms with E-state index in [4.69, 9.17) is 0 Å². The molecule has 1 aromatic heterocycles. The predicted octanol–water partition coefficient (Wildman–Crippen LogP) is 2.71. The fraction of sp³-hybridized carbons (Fsp3) is 0.280. The Labute approximate surface area is 187 Å². The number of aliphatic carboxylic acids is 1. The van der Waals surface area contributed by atoms with Crippen LogP contribution in [0.5, 0.6) is 0 Å². The molecule has 0 amide bonds. The molecule has 3 aromatic rings. The average Bonchev–Trinajstić information content (AvgIpc) is 2.81. The highest BCUT2D eigenvalue weighted by atomic mass is 16.4. The molecule has 1 atom stereocenters. The van der Waals surface area contributed by atoms with E-state index in [1.54, 1.807) is 30.3 Å². The third kappa shape index (κ3) is 5.07. The molecule has 7 nitrogen and oxygen atoms in total. The Morgan fingerprint density at radius 2 is 1.69 bits per heavy atom. The van der Waals surface area contributed by atoms with Crippen LogP contribution in [0.15, 0.2) is 71.5 Å². The highest BCUT2D eigenvalue weighted by Gasteiger charge is 2.19. The van der Waals surface area contributed by atoms with Gasteiger partial charge >= 0.3 is 5.97 Å². The number of benzene rings is 2. The summed E-state index contributed by atoms with van der Waals surface area (Å²) in [7, 11) is 2.14. The highest BCUT2D eigenvalue weighted by Crippen LogP contribution is 2.22. The maximum Gasteiger partial charge on any atom is 0.325 e. The summed E-state index contributed by atoms with van der Waals surface area (Å²) in [6.45, 7) is 4.28. The Balaban J connectivity index is 1.44. The van der Waals surface area contributed by atoms with E-state index in [1.165, 1.54) is 5.69 Å². The molecule has 0 radical (unpaired) electrons. The van der Waals surface area contributed by atoms with Gasteiger partial charge in [0.1, 0.15) is 6.04 Å². The van der Waals surface area contributed by atoms with Crippen LogP contribution < -0.4 is 15.8 Å². The van der Waals surface area contributed by atoms with Crippen molar-refractivity contribution in [3.63, 3.8) is 0 Å². The van der Waals surface area contributed by atoms with Gasteiger partial charge in [-0.1, -0.05) is 48.5 Å². The van der Waals surface area contributed by atoms with Crippen molar-refractivity contribution in [2.45, 2.75) is 12.6 Å². The van der Waals surface area contributed by atoms with Gasteiger partial charge in [0.15, 0.2) is 0 Å². The molecule has 3 N–H and O–H groups in total. The van der Waals surface area contributed by atoms with Crippen LogP contribution >= 0.6 is 0 Å². The van der Waals surface area contributed by atoms with Crippen molar-refractivity contribution in [1.82, 2.24) is 15.2 Å². The summed E-state index contributed by atoms with van der Waals surface area (Å²) in [5, 5.41) is 12.5. The Morgan fingerprint density at radius 1 is 1.00 bits per heavy atom. The zero-order valence-corrected chi connectivity index (χ0v) is 18.1. The number of pyridine rings is 1. The monoisotopic (exact) mass is 432 g/mol. The van der Waals surface area contributed by atoms with Crippen molar-refractivity contribution >= 4 is 11.7 Å². The van der Waals surface area contributed by atoms with Crippen molar-refractivity contribution in [3.05, 3.63) is 88.2 Å². The maximum absolute atomic E-state index is 12.6. The number of aromatic nitrogens is 1. The van der Waals surface area contributed by atoms with Crippen LogP contribution in [0.25, 0.3) is 11.3 Å². The van der Waals surface area contributed by atoms with Crippen LogP contribution in [0.3, 0.4) is 0 Å². The number of nitrogens with one attached hydrogen (secondary N) is 2. The Morgan fingerprint density at radius 3 is 2.31 bits per heavy atom. The van der Waals surface area contributed by atoms with Gasteiger partial charge < -0.3 is 19.9 Å². The number of H-pyrrole nitrogens is 1. The van der Waals surface area contributed by atoms with E-state index in [2.05, 4.69) is 39.3 Å². The lowest BCUT2D eigenvalue weighted by molar-refractivity contribution is -0.139. The van der Waals surface area contributed by atoms with E-state index in [1.807, 2.05) is 24.3 Å². The predicted molar refractivity (Wildman–Crippen MR) is 126 cm³/mol. The standard InChI is InChI=1S/C25H28N4O3/c1-28-13-15-29(16-14-28)21-10-7-18(8-11-21)22-12-9-20(24(30)27-22)17-26-23(25(31)32)19-5-3-2-4-6-19/h2-12,23,26H,13-17H2,1H3,(H,27,30)(H,31,32). The summed E-state index contributed by atoms with van der Waals surface area (Å²) in [6, 6.07) is 19.9. The second-order valence-electron chi connectivity index (χ2n) is 8.13. The number of anilines is 1. The summed E-state index contributed by atoms with van der Waals surface area (Å²) in [5.41, 5.74) is 3.77. The molecule has 166 valence electrons. The van der Waals surface area contributed by atoms with E-state index >= 15 is 0 Å². The smallest absolute Gasteiger partial charge is 0.325 e. The van der Waals surface area contributed by atoms with Crippen molar-refractivity contribution < 1.29 is 9.90 Å². The molecule has 0 saturated carbocycles. The van der Waals surface area contributed by atoms with Gasteiger partial charge in [-0.2, -0.15) is 0 Å². The van der Waals surface area contributed by atoms with E-state index in [0.29, 0.717) is 11.1 Å². The summed E-state index contributed by atoms with van der Waals surface area (Å²) < 4.78 is 0. The van der Waals surface area contributed by atoms with Gasteiger partial charge in [-0.3, -0.25) is 14.9 Å². The largest absolute Gasteiger partial charge is 0.480 e. The van der Waals surface area contributed by atoms with Gasteiger partial charge in [0.05, 0.1) is 0 Å². The number of carbonyl (C=O) groups is 1. The van der Waals surface area contributed by atoms with Gasteiger partial charge in [-0.15, -0.1) is 0 Å². The van der Waals surface area contributed by atoms with Crippen LogP contribution in [-0.2, 0) is 11.3 Å². The molecule has 32 heavy (non-hydrogen) atoms. The topological polar surface area (TPSA) is 88.7 Å². The molecular formula is C25H28N4O3. The third-order valence-corrected chi connectivity index (χ3v) is 5.91. The molecule has 0 bridgehead atoms. The van der Waals surface area contributed by atoms with Gasteiger partial charge in [0.25, 0.3) is 5.56 Å². The first-order valence-electron chi connectivity index (χ1n) is 10.8. The lowest BCUT2D eigenvalue weighted by Gasteiger charge is -2.34. The van der Waals surface area contributed by atoms with Gasteiger partial charge in [0.2, 0.25) is 0 Å². The van der Waals surface area contributed by atoms with Gasteiger partial charge in [0, 0.05) is 49.7 Å². The average molecular weight is 433 g/mol. The number of rotatable bonds is 7. The van der Waals surface area contributed by atoms with Crippen LogP contribution in [-0.4, -0.2) is 54.2 Å². The summed E-state index contributed by atoms with van der Waals surface area (Å²) in [6.07, 6.45) is 0. The lowest BCUT2D eigenvalue weighted by atomic mass is 10.1. The van der Waals surface area contributed by atoms with E-state index in [-0.39, 0.29) is 12.1 Å². The Bertz CT molecular complexity index is 1100. The Hall–Kier alpha value is -3.42. The first kappa shape index (κ1) is 21.8. The number of carboxylic acid groups (broad SMARTS) is 1. The van der Waals surface area contributed by atoms with Crippen LogP contribution in [0.4, 0.5) is 5.69 Å². The molecule has 1 saturated heterocycles. The number of likely N-dealkylation sites (N-methyl/N-ethyl adjacent to an activating group) is 1. The third-order valence-electron chi connectivity index (χ3n) is 5.91. The second kappa shape index (κ2) is 9.80. The normalized spacial score (nSPS) is 15.5. The number of carboxylic acids is 1. The van der Waals surface area contributed by atoms with E-state index in [9.17, 15) is 14.7 Å². The number of aromatic amines is 1. The minimum Gasteiger partial charge on any atom is -0.480 e. The zero-order valence-electron chi connectivity index (χ0n) is 18.1. The molecule has 2 aromatic carbocycles. The fourth-order valence-corrected chi connectivity index (χ4v) is 3.93. The highest BCUT2D eigenvalue weighted by molar-refractivity contribution is 5.75. The lowest BCUT2D eigenvalue weighted by Crippen LogP contribution is -2.44. The van der Waals surface area contributed by atoms with Crippen LogP contribution in [0.1, 0.15) is 17.2 Å². The SMILES string of the molecule is CN1CCN(c2ccc(-c3ccc(CNC(C(=O)O)c4ccccc4)c(=O)[nH]3)cc2)CC1. The summed E-state index contributed by atoms with van der Waals surface area (Å²) in [5.74, 6) is -0.982. The van der Waals surface area contributed by atoms with E-state index in [0.717, 1.165) is 37.4 Å². The molecule has 1 aliphatic rings. The molecule has 0 aliphatic carbocycles. The quantitative estimate of drug-likeness (QED) is 0.532. The zero-order chi connectivity index (χ0) is 22.5. The van der Waals surface area contributed by atoms with Gasteiger partial charge in [-0.05, 0) is 36.4 Å². The number of piperazine rings is 1. The van der Waals surface area contributed by atoms with E-state index < -0.39 is 12.0 Å². The second-order valence-corrected chi connectivity index (χ2v) is 8.13. The summed E-state index contributed by atoms with van der Waals surface area (Å²) in [4.78, 5) is 31.9. The minimum atomic E-state index is -0.982. The fourth-order valence-electron chi connectivity index (χ4n) is 3.93.